The van der Waals surface area contributed by atoms with E-state index in [4.69, 9.17) is 0 Å². The van der Waals surface area contributed by atoms with Crippen LogP contribution in [0.1, 0.15) is 29.8 Å². The highest BCUT2D eigenvalue weighted by Gasteiger charge is 2.39. The Balaban J connectivity index is 2.54. The summed E-state index contributed by atoms with van der Waals surface area (Å²) in [6.45, 7) is 4.03. The fourth-order valence-electron chi connectivity index (χ4n) is 2.71. The third kappa shape index (κ3) is 3.80. The van der Waals surface area contributed by atoms with E-state index in [-0.39, 0.29) is 12.6 Å². The van der Waals surface area contributed by atoms with Crippen molar-refractivity contribution in [2.75, 3.05) is 20.2 Å². The molecule has 6 nitrogen and oxygen atoms in total. The van der Waals surface area contributed by atoms with Crippen molar-refractivity contribution in [1.82, 2.24) is 9.62 Å². The smallest absolute Gasteiger partial charge is 0.417 e. The lowest BCUT2D eigenvalue weighted by molar-refractivity contribution is -0.138. The lowest BCUT2D eigenvalue weighted by Gasteiger charge is -2.37. The van der Waals surface area contributed by atoms with Crippen LogP contribution in [0, 0.1) is 0 Å². The zero-order valence-electron chi connectivity index (χ0n) is 13.9. The van der Waals surface area contributed by atoms with E-state index in [1.165, 1.54) is 4.31 Å². The number of benzene rings is 1. The van der Waals surface area contributed by atoms with Crippen molar-refractivity contribution in [1.29, 1.82) is 0 Å². The zero-order chi connectivity index (χ0) is 19.0. The van der Waals surface area contributed by atoms with Crippen LogP contribution in [0.4, 0.5) is 13.2 Å². The van der Waals surface area contributed by atoms with Gasteiger partial charge in [0.25, 0.3) is 0 Å². The predicted molar refractivity (Wildman–Crippen MR) is 83.6 cm³/mol. The number of alkyl halides is 3. The number of sulfonamides is 1. The van der Waals surface area contributed by atoms with Crippen LogP contribution >= 0.6 is 0 Å². The Morgan fingerprint density at radius 2 is 1.96 bits per heavy atom. The van der Waals surface area contributed by atoms with Crippen LogP contribution in [0.2, 0.25) is 0 Å². The van der Waals surface area contributed by atoms with E-state index in [1.54, 1.807) is 13.8 Å². The number of nitrogens with one attached hydrogen (secondary N) is 1. The summed E-state index contributed by atoms with van der Waals surface area (Å²) in [7, 11) is -3.18. The maximum absolute atomic E-state index is 13.3. The molecule has 0 amide bonds. The molecule has 140 valence electrons. The minimum Gasteiger partial charge on any atom is -0.465 e. The van der Waals surface area contributed by atoms with Crippen molar-refractivity contribution in [3.05, 3.63) is 29.3 Å². The second-order valence-electron chi connectivity index (χ2n) is 5.80. The molecule has 0 spiro atoms. The topological polar surface area (TPSA) is 75.7 Å². The lowest BCUT2D eigenvalue weighted by atomic mass is 10.1. The van der Waals surface area contributed by atoms with Gasteiger partial charge in [0, 0.05) is 25.2 Å². The van der Waals surface area contributed by atoms with E-state index >= 15 is 0 Å². The number of carbonyl (C=O) groups is 1. The van der Waals surface area contributed by atoms with Crippen molar-refractivity contribution in [2.24, 2.45) is 0 Å². The molecule has 1 aliphatic heterocycles. The predicted octanol–water partition coefficient (Wildman–Crippen LogP) is 1.86. The van der Waals surface area contributed by atoms with Gasteiger partial charge in [-0.2, -0.15) is 17.5 Å². The van der Waals surface area contributed by atoms with Gasteiger partial charge in [0.1, 0.15) is 0 Å². The molecule has 0 radical (unpaired) electrons. The molecule has 25 heavy (non-hydrogen) atoms. The standard InChI is InChI=1S/C15H19F3N2O4S/c1-9-10(2)20(7-6-19-9)25(22,23)11-4-5-12(14(21)24-3)13(8-11)15(16,17)18/h4-5,8-10,19H,6-7H2,1-3H3. The highest BCUT2D eigenvalue weighted by atomic mass is 32.2. The molecule has 1 aromatic carbocycles. The summed E-state index contributed by atoms with van der Waals surface area (Å²) in [5.74, 6) is -1.18. The normalized spacial score (nSPS) is 22.6. The summed E-state index contributed by atoms with van der Waals surface area (Å²) in [5.41, 5.74) is -2.06. The molecule has 1 saturated heterocycles. The van der Waals surface area contributed by atoms with Gasteiger partial charge >= 0.3 is 12.1 Å². The van der Waals surface area contributed by atoms with E-state index in [1.807, 2.05) is 0 Å². The van der Waals surface area contributed by atoms with E-state index < -0.39 is 44.2 Å². The van der Waals surface area contributed by atoms with Crippen LogP contribution in [0.25, 0.3) is 0 Å². The molecule has 1 aromatic rings. The monoisotopic (exact) mass is 380 g/mol. The quantitative estimate of drug-likeness (QED) is 0.811. The Bertz CT molecular complexity index is 765. The fourth-order valence-corrected chi connectivity index (χ4v) is 4.44. The maximum Gasteiger partial charge on any atom is 0.417 e. The van der Waals surface area contributed by atoms with E-state index in [9.17, 15) is 26.4 Å². The second kappa shape index (κ2) is 6.93. The number of methoxy groups -OCH3 is 1. The van der Waals surface area contributed by atoms with Gasteiger partial charge in [-0.25, -0.2) is 13.2 Å². The van der Waals surface area contributed by atoms with Crippen molar-refractivity contribution >= 4 is 16.0 Å². The Morgan fingerprint density at radius 1 is 1.32 bits per heavy atom. The Hall–Kier alpha value is -1.65. The number of ether oxygens (including phenoxy) is 1. The number of rotatable bonds is 3. The fraction of sp³-hybridized carbons (Fsp3) is 0.533. The molecule has 0 aliphatic carbocycles. The molecule has 10 heteroatoms. The largest absolute Gasteiger partial charge is 0.465 e. The van der Waals surface area contributed by atoms with Crippen LogP contribution < -0.4 is 5.32 Å². The minimum absolute atomic E-state index is 0.139. The average Bonchev–Trinajstić information content (AvgIpc) is 2.55. The van der Waals surface area contributed by atoms with Crippen LogP contribution in [0.15, 0.2) is 23.1 Å². The number of nitrogens with zero attached hydrogens (tertiary/aromatic N) is 1. The van der Waals surface area contributed by atoms with Crippen molar-refractivity contribution in [3.63, 3.8) is 0 Å². The summed E-state index contributed by atoms with van der Waals surface area (Å²) >= 11 is 0. The number of halogens is 3. The van der Waals surface area contributed by atoms with Gasteiger partial charge in [0.15, 0.2) is 0 Å². The van der Waals surface area contributed by atoms with Gasteiger partial charge in [0.2, 0.25) is 10.0 Å². The number of hydrogen-bond acceptors (Lipinski definition) is 5. The highest BCUT2D eigenvalue weighted by Crippen LogP contribution is 2.35. The van der Waals surface area contributed by atoms with E-state index in [2.05, 4.69) is 10.1 Å². The first-order valence-electron chi connectivity index (χ1n) is 7.55. The molecule has 1 aliphatic rings. The van der Waals surface area contributed by atoms with E-state index in [0.717, 1.165) is 19.2 Å². The molecule has 1 fully saturated rings. The molecule has 2 atom stereocenters. The van der Waals surface area contributed by atoms with Crippen LogP contribution in [-0.2, 0) is 20.9 Å². The Kier molecular flexibility index (Phi) is 5.45. The molecule has 1 heterocycles. The van der Waals surface area contributed by atoms with Crippen molar-refractivity contribution in [2.45, 2.75) is 37.0 Å². The number of esters is 1. The number of carbonyl (C=O) groups excluding carboxylic acids is 1. The SMILES string of the molecule is COC(=O)c1ccc(S(=O)(=O)N2CCNC(C)C2C)cc1C(F)(F)F. The Labute approximate surface area is 144 Å². The van der Waals surface area contributed by atoms with Crippen molar-refractivity contribution < 1.29 is 31.1 Å². The van der Waals surface area contributed by atoms with Gasteiger partial charge in [-0.15, -0.1) is 0 Å². The Morgan fingerprint density at radius 3 is 2.52 bits per heavy atom. The second-order valence-corrected chi connectivity index (χ2v) is 7.69. The first kappa shape index (κ1) is 19.7. The van der Waals surface area contributed by atoms with Gasteiger partial charge in [-0.1, -0.05) is 0 Å². The first-order valence-corrected chi connectivity index (χ1v) is 8.99. The minimum atomic E-state index is -4.89. The van der Waals surface area contributed by atoms with Crippen molar-refractivity contribution in [3.8, 4) is 0 Å². The van der Waals surface area contributed by atoms with Gasteiger partial charge in [0.05, 0.1) is 23.1 Å². The summed E-state index contributed by atoms with van der Waals surface area (Å²) in [6.07, 6.45) is -4.89. The average molecular weight is 380 g/mol. The molecular formula is C15H19F3N2O4S. The number of hydrogen-bond donors (Lipinski definition) is 1. The van der Waals surface area contributed by atoms with Gasteiger partial charge < -0.3 is 10.1 Å². The first-order chi connectivity index (χ1) is 11.5. The molecule has 0 aromatic heterocycles. The zero-order valence-corrected chi connectivity index (χ0v) is 14.7. The molecular weight excluding hydrogens is 361 g/mol. The molecule has 1 N–H and O–H groups in total. The van der Waals surface area contributed by atoms with Crippen LogP contribution in [-0.4, -0.2) is 51.0 Å². The van der Waals surface area contributed by atoms with Gasteiger partial charge in [-0.05, 0) is 32.0 Å². The molecule has 2 rings (SSSR count). The highest BCUT2D eigenvalue weighted by molar-refractivity contribution is 7.89. The summed E-state index contributed by atoms with van der Waals surface area (Å²) < 4.78 is 70.9. The molecule has 0 saturated carbocycles. The lowest BCUT2D eigenvalue weighted by Crippen LogP contribution is -2.57. The third-order valence-corrected chi connectivity index (χ3v) is 6.27. The molecule has 0 bridgehead atoms. The summed E-state index contributed by atoms with van der Waals surface area (Å²) in [5, 5.41) is 3.11. The van der Waals surface area contributed by atoms with Crippen LogP contribution in [0.5, 0.6) is 0 Å². The number of piperazine rings is 1. The van der Waals surface area contributed by atoms with E-state index in [0.29, 0.717) is 12.6 Å². The summed E-state index contributed by atoms with van der Waals surface area (Å²) in [6, 6.07) is 1.75. The van der Waals surface area contributed by atoms with Gasteiger partial charge in [-0.3, -0.25) is 0 Å². The maximum atomic E-state index is 13.3. The molecule has 2 unspecified atom stereocenters. The van der Waals surface area contributed by atoms with Crippen LogP contribution in [0.3, 0.4) is 0 Å². The summed E-state index contributed by atoms with van der Waals surface area (Å²) in [4.78, 5) is 11.0. The third-order valence-electron chi connectivity index (χ3n) is 4.28.